The molecule has 172 valence electrons. The van der Waals surface area contributed by atoms with Crippen LogP contribution in [0.4, 0.5) is 14.6 Å². The fraction of sp³-hybridized carbons (Fsp3) is 0.182. The standard InChI is InChI=1S/C22H17F2N7O3/c1-22(9-25)14-16(20(32)33)27-18(28-17(14)29-21(22)34)15-12-6-11(23)7-26-19(12)31(30-15)8-10-4-2-3-5-13(10)24/h2-7H,8-9,25H2,1H3,(H,32,33)(H,27,28,29,34). The van der Waals surface area contributed by atoms with Gasteiger partial charge in [-0.05, 0) is 19.1 Å². The third-order valence-electron chi connectivity index (χ3n) is 5.85. The van der Waals surface area contributed by atoms with Crippen molar-refractivity contribution in [3.63, 3.8) is 0 Å². The van der Waals surface area contributed by atoms with Gasteiger partial charge in [0, 0.05) is 17.7 Å². The second kappa shape index (κ2) is 7.63. The molecule has 3 aromatic heterocycles. The normalized spacial score (nSPS) is 17.1. The predicted molar refractivity (Wildman–Crippen MR) is 116 cm³/mol. The second-order valence-corrected chi connectivity index (χ2v) is 8.04. The molecular weight excluding hydrogens is 448 g/mol. The first-order chi connectivity index (χ1) is 16.2. The van der Waals surface area contributed by atoms with Crippen LogP contribution in [-0.4, -0.2) is 48.3 Å². The van der Waals surface area contributed by atoms with E-state index >= 15 is 0 Å². The molecule has 0 spiro atoms. The Bertz CT molecular complexity index is 1500. The zero-order valence-corrected chi connectivity index (χ0v) is 17.7. The summed E-state index contributed by atoms with van der Waals surface area (Å²) >= 11 is 0. The number of carbonyl (C=O) groups excluding carboxylic acids is 1. The van der Waals surface area contributed by atoms with Crippen molar-refractivity contribution in [1.29, 1.82) is 0 Å². The maximum atomic E-state index is 14.2. The lowest BCUT2D eigenvalue weighted by Crippen LogP contribution is -2.39. The number of pyridine rings is 1. The maximum Gasteiger partial charge on any atom is 0.355 e. The van der Waals surface area contributed by atoms with Crippen molar-refractivity contribution in [2.24, 2.45) is 5.73 Å². The fourth-order valence-electron chi connectivity index (χ4n) is 3.99. The number of carbonyl (C=O) groups is 2. The van der Waals surface area contributed by atoms with E-state index < -0.39 is 34.6 Å². The van der Waals surface area contributed by atoms with Gasteiger partial charge in [0.15, 0.2) is 17.2 Å². The third-order valence-corrected chi connectivity index (χ3v) is 5.85. The van der Waals surface area contributed by atoms with Crippen molar-refractivity contribution in [3.05, 3.63) is 65.0 Å². The molecule has 0 saturated carbocycles. The summed E-state index contributed by atoms with van der Waals surface area (Å²) in [6.07, 6.45) is 0.991. The Morgan fingerprint density at radius 1 is 1.26 bits per heavy atom. The highest BCUT2D eigenvalue weighted by molar-refractivity contribution is 6.08. The Morgan fingerprint density at radius 2 is 2.03 bits per heavy atom. The molecule has 0 saturated heterocycles. The van der Waals surface area contributed by atoms with E-state index in [1.807, 2.05) is 0 Å². The lowest BCUT2D eigenvalue weighted by molar-refractivity contribution is -0.120. The highest BCUT2D eigenvalue weighted by Crippen LogP contribution is 2.39. The number of nitrogens with two attached hydrogens (primary N) is 1. The molecule has 4 heterocycles. The van der Waals surface area contributed by atoms with Crippen molar-refractivity contribution in [2.45, 2.75) is 18.9 Å². The topological polar surface area (TPSA) is 149 Å². The first kappa shape index (κ1) is 21.5. The van der Waals surface area contributed by atoms with Crippen molar-refractivity contribution >= 4 is 28.7 Å². The van der Waals surface area contributed by atoms with E-state index in [9.17, 15) is 23.5 Å². The molecule has 0 aliphatic carbocycles. The van der Waals surface area contributed by atoms with Crippen molar-refractivity contribution < 1.29 is 23.5 Å². The van der Waals surface area contributed by atoms with E-state index in [-0.39, 0.29) is 47.0 Å². The van der Waals surface area contributed by atoms with Gasteiger partial charge in [-0.3, -0.25) is 4.79 Å². The number of aromatic carboxylic acids is 1. The average molecular weight is 465 g/mol. The first-order valence-corrected chi connectivity index (χ1v) is 10.2. The Kier molecular flexibility index (Phi) is 4.83. The number of carboxylic acid groups (broad SMARTS) is 1. The van der Waals surface area contributed by atoms with E-state index in [1.54, 1.807) is 18.2 Å². The smallest absolute Gasteiger partial charge is 0.355 e. The van der Waals surface area contributed by atoms with Crippen LogP contribution in [0.3, 0.4) is 0 Å². The average Bonchev–Trinajstić information content (AvgIpc) is 3.29. The lowest BCUT2D eigenvalue weighted by Gasteiger charge is -2.20. The van der Waals surface area contributed by atoms with Crippen molar-refractivity contribution in [1.82, 2.24) is 24.7 Å². The van der Waals surface area contributed by atoms with Crippen molar-refractivity contribution in [2.75, 3.05) is 11.9 Å². The Morgan fingerprint density at radius 3 is 2.74 bits per heavy atom. The molecule has 1 atom stereocenters. The molecule has 0 fully saturated rings. The molecule has 1 aliphatic heterocycles. The molecule has 1 aromatic carbocycles. The lowest BCUT2D eigenvalue weighted by atomic mass is 9.83. The molecule has 12 heteroatoms. The Hall–Kier alpha value is -4.32. The number of amides is 1. The number of hydrogen-bond acceptors (Lipinski definition) is 7. The summed E-state index contributed by atoms with van der Waals surface area (Å²) in [5.41, 5.74) is 4.64. The van der Waals surface area contributed by atoms with Crippen LogP contribution in [0.2, 0.25) is 0 Å². The molecule has 5 rings (SSSR count). The minimum Gasteiger partial charge on any atom is -0.476 e. The third kappa shape index (κ3) is 3.18. The first-order valence-electron chi connectivity index (χ1n) is 10.2. The summed E-state index contributed by atoms with van der Waals surface area (Å²) in [6.45, 7) is 1.31. The molecule has 1 unspecified atom stereocenters. The summed E-state index contributed by atoms with van der Waals surface area (Å²) < 4.78 is 29.7. The van der Waals surface area contributed by atoms with E-state index in [0.29, 0.717) is 5.56 Å². The summed E-state index contributed by atoms with van der Waals surface area (Å²) in [7, 11) is 0. The van der Waals surface area contributed by atoms with Gasteiger partial charge in [-0.25, -0.2) is 33.2 Å². The molecule has 0 radical (unpaired) electrons. The number of carboxylic acids is 1. The van der Waals surface area contributed by atoms with Gasteiger partial charge in [-0.1, -0.05) is 18.2 Å². The van der Waals surface area contributed by atoms with Gasteiger partial charge in [0.2, 0.25) is 5.91 Å². The van der Waals surface area contributed by atoms with E-state index in [0.717, 1.165) is 12.3 Å². The van der Waals surface area contributed by atoms with Crippen LogP contribution in [0.5, 0.6) is 0 Å². The molecule has 1 aliphatic rings. The predicted octanol–water partition coefficient (Wildman–Crippen LogP) is 2.08. The number of anilines is 1. The van der Waals surface area contributed by atoms with Crippen LogP contribution in [0.1, 0.15) is 28.5 Å². The maximum absolute atomic E-state index is 14.2. The fourth-order valence-corrected chi connectivity index (χ4v) is 3.99. The van der Waals surface area contributed by atoms with Crippen LogP contribution in [0.25, 0.3) is 22.6 Å². The molecular formula is C22H17F2N7O3. The van der Waals surface area contributed by atoms with E-state index in [2.05, 4.69) is 25.4 Å². The number of nitrogens with zero attached hydrogens (tertiary/aromatic N) is 5. The van der Waals surface area contributed by atoms with Gasteiger partial charge < -0.3 is 16.2 Å². The summed E-state index contributed by atoms with van der Waals surface area (Å²) in [6, 6.07) is 7.24. The Balaban J connectivity index is 1.73. The molecule has 4 aromatic rings. The number of rotatable bonds is 5. The monoisotopic (exact) mass is 465 g/mol. The van der Waals surface area contributed by atoms with Gasteiger partial charge in [-0.15, -0.1) is 0 Å². The summed E-state index contributed by atoms with van der Waals surface area (Å²) in [5.74, 6) is -3.20. The number of benzene rings is 1. The molecule has 34 heavy (non-hydrogen) atoms. The van der Waals surface area contributed by atoms with Crippen molar-refractivity contribution in [3.8, 4) is 11.5 Å². The number of fused-ring (bicyclic) bond motifs is 2. The van der Waals surface area contributed by atoms with Crippen LogP contribution in [0.15, 0.2) is 36.5 Å². The number of hydrogen-bond donors (Lipinski definition) is 3. The summed E-state index contributed by atoms with van der Waals surface area (Å²) in [4.78, 5) is 37.1. The molecule has 4 N–H and O–H groups in total. The minimum atomic E-state index is -1.39. The van der Waals surface area contributed by atoms with Crippen LogP contribution >= 0.6 is 0 Å². The Labute approximate surface area is 190 Å². The van der Waals surface area contributed by atoms with Gasteiger partial charge in [0.05, 0.1) is 23.5 Å². The zero-order valence-electron chi connectivity index (χ0n) is 17.7. The number of aromatic nitrogens is 5. The number of halogens is 2. The van der Waals surface area contributed by atoms with Gasteiger partial charge in [0.1, 0.15) is 23.1 Å². The highest BCUT2D eigenvalue weighted by atomic mass is 19.1. The van der Waals surface area contributed by atoms with E-state index in [1.165, 1.54) is 17.7 Å². The van der Waals surface area contributed by atoms with Gasteiger partial charge in [-0.2, -0.15) is 5.10 Å². The second-order valence-electron chi connectivity index (χ2n) is 8.04. The van der Waals surface area contributed by atoms with Gasteiger partial charge >= 0.3 is 5.97 Å². The van der Waals surface area contributed by atoms with Crippen LogP contribution < -0.4 is 11.1 Å². The summed E-state index contributed by atoms with van der Waals surface area (Å²) in [5, 5.41) is 17.0. The van der Waals surface area contributed by atoms with E-state index in [4.69, 9.17) is 5.73 Å². The SMILES string of the molecule is CC1(CN)C(=O)Nc2nc(-c3nn(Cc4ccccc4F)c4ncc(F)cc34)nc(C(=O)O)c21. The largest absolute Gasteiger partial charge is 0.476 e. The molecule has 0 bridgehead atoms. The minimum absolute atomic E-state index is 0.0125. The quantitative estimate of drug-likeness (QED) is 0.406. The zero-order chi connectivity index (χ0) is 24.2. The van der Waals surface area contributed by atoms with Gasteiger partial charge in [0.25, 0.3) is 0 Å². The molecule has 10 nitrogen and oxygen atoms in total. The highest BCUT2D eigenvalue weighted by Gasteiger charge is 2.46. The van der Waals surface area contributed by atoms with Crippen LogP contribution in [-0.2, 0) is 16.8 Å². The number of nitrogens with one attached hydrogen (secondary N) is 1. The van der Waals surface area contributed by atoms with Crippen LogP contribution in [0, 0.1) is 11.6 Å². The molecule has 1 amide bonds.